The molecule has 4 N–H and O–H groups in total. The van der Waals surface area contributed by atoms with Crippen molar-refractivity contribution in [3.05, 3.63) is 29.6 Å². The molecule has 0 fully saturated rings. The van der Waals surface area contributed by atoms with E-state index in [-0.39, 0.29) is 6.61 Å². The number of halogens is 1. The molecule has 4 heteroatoms. The summed E-state index contributed by atoms with van der Waals surface area (Å²) in [4.78, 5) is 0. The Morgan fingerprint density at radius 3 is 2.53 bits per heavy atom. The first-order valence-electron chi connectivity index (χ1n) is 4.73. The van der Waals surface area contributed by atoms with Crippen molar-refractivity contribution in [1.29, 1.82) is 0 Å². The van der Waals surface area contributed by atoms with E-state index in [0.29, 0.717) is 5.56 Å². The number of phenols is 1. The molecule has 0 spiro atoms. The zero-order valence-electron chi connectivity index (χ0n) is 8.87. The van der Waals surface area contributed by atoms with E-state index in [2.05, 4.69) is 0 Å². The Hall–Kier alpha value is -1.13. The summed E-state index contributed by atoms with van der Waals surface area (Å²) in [7, 11) is 0. The number of nitrogens with two attached hydrogens (primary N) is 1. The van der Waals surface area contributed by atoms with Gasteiger partial charge in [0.25, 0.3) is 0 Å². The quantitative estimate of drug-likeness (QED) is 0.713. The molecule has 0 aliphatic carbocycles. The molecule has 3 nitrogen and oxygen atoms in total. The number of benzene rings is 1. The van der Waals surface area contributed by atoms with Gasteiger partial charge >= 0.3 is 0 Å². The molecule has 84 valence electrons. The maximum Gasteiger partial charge on any atom is 0.165 e. The van der Waals surface area contributed by atoms with Crippen LogP contribution in [0.25, 0.3) is 0 Å². The lowest BCUT2D eigenvalue weighted by Gasteiger charge is -2.29. The number of aliphatic hydroxyl groups is 1. The van der Waals surface area contributed by atoms with Crippen LogP contribution in [0.4, 0.5) is 4.39 Å². The molecular formula is C11H16FNO2. The average Bonchev–Trinajstić information content (AvgIpc) is 2.21. The molecule has 1 atom stereocenters. The van der Waals surface area contributed by atoms with Gasteiger partial charge < -0.3 is 15.9 Å². The third-order valence-electron chi connectivity index (χ3n) is 2.58. The van der Waals surface area contributed by atoms with Crippen molar-refractivity contribution in [2.75, 3.05) is 6.61 Å². The minimum Gasteiger partial charge on any atom is -0.505 e. The Morgan fingerprint density at radius 2 is 2.07 bits per heavy atom. The van der Waals surface area contributed by atoms with Crippen LogP contribution < -0.4 is 5.73 Å². The largest absolute Gasteiger partial charge is 0.505 e. The second-order valence-corrected chi connectivity index (χ2v) is 4.34. The van der Waals surface area contributed by atoms with E-state index < -0.39 is 23.0 Å². The van der Waals surface area contributed by atoms with Crippen LogP contribution in [0.15, 0.2) is 18.2 Å². The van der Waals surface area contributed by atoms with Crippen molar-refractivity contribution in [3.63, 3.8) is 0 Å². The first-order chi connectivity index (χ1) is 6.88. The van der Waals surface area contributed by atoms with E-state index in [1.165, 1.54) is 12.1 Å². The predicted octanol–water partition coefficient (Wildman–Crippen LogP) is 1.55. The Labute approximate surface area is 88.4 Å². The number of aliphatic hydroxyl groups excluding tert-OH is 1. The highest BCUT2D eigenvalue weighted by atomic mass is 19.1. The lowest BCUT2D eigenvalue weighted by molar-refractivity contribution is 0.132. The van der Waals surface area contributed by atoms with Crippen LogP contribution in [-0.4, -0.2) is 16.8 Å². The maximum atomic E-state index is 13.1. The fourth-order valence-corrected chi connectivity index (χ4v) is 1.27. The molecule has 1 rings (SSSR count). The number of hydrogen-bond donors (Lipinski definition) is 3. The number of rotatable bonds is 3. The molecule has 0 aromatic heterocycles. The Morgan fingerprint density at radius 1 is 1.47 bits per heavy atom. The average molecular weight is 213 g/mol. The standard InChI is InChI=1S/C11H16FNO2/c1-11(2,6-14)10(13)7-3-4-9(15)8(12)5-7/h3-5,10,14-15H,6,13H2,1-2H3/t10-/m0/s1. The van der Waals surface area contributed by atoms with Crippen LogP contribution in [0, 0.1) is 11.2 Å². The van der Waals surface area contributed by atoms with Gasteiger partial charge in [0.1, 0.15) is 0 Å². The summed E-state index contributed by atoms with van der Waals surface area (Å²) in [6.45, 7) is 3.50. The van der Waals surface area contributed by atoms with E-state index in [4.69, 9.17) is 15.9 Å². The maximum absolute atomic E-state index is 13.1. The van der Waals surface area contributed by atoms with E-state index in [0.717, 1.165) is 0 Å². The summed E-state index contributed by atoms with van der Waals surface area (Å²) >= 11 is 0. The van der Waals surface area contributed by atoms with E-state index in [9.17, 15) is 4.39 Å². The fraction of sp³-hybridized carbons (Fsp3) is 0.455. The zero-order valence-corrected chi connectivity index (χ0v) is 8.87. The van der Waals surface area contributed by atoms with Gasteiger partial charge in [0, 0.05) is 18.1 Å². The molecule has 0 saturated heterocycles. The molecule has 0 aliphatic heterocycles. The molecule has 1 aromatic rings. The van der Waals surface area contributed by atoms with E-state index in [1.807, 2.05) is 0 Å². The van der Waals surface area contributed by atoms with Crippen LogP contribution in [0.2, 0.25) is 0 Å². The van der Waals surface area contributed by atoms with Gasteiger partial charge in [0.05, 0.1) is 0 Å². The molecule has 15 heavy (non-hydrogen) atoms. The number of phenolic OH excluding ortho intramolecular Hbond substituents is 1. The summed E-state index contributed by atoms with van der Waals surface area (Å²) in [5.74, 6) is -1.09. The first kappa shape index (κ1) is 11.9. The normalized spacial score (nSPS) is 13.9. The van der Waals surface area contributed by atoms with Crippen LogP contribution >= 0.6 is 0 Å². The third kappa shape index (κ3) is 2.46. The summed E-state index contributed by atoms with van der Waals surface area (Å²) < 4.78 is 13.1. The number of hydrogen-bond acceptors (Lipinski definition) is 3. The molecule has 0 bridgehead atoms. The number of aromatic hydroxyl groups is 1. The van der Waals surface area contributed by atoms with Crippen molar-refractivity contribution in [3.8, 4) is 5.75 Å². The van der Waals surface area contributed by atoms with Gasteiger partial charge in [-0.05, 0) is 17.7 Å². The van der Waals surface area contributed by atoms with Gasteiger partial charge in [0.2, 0.25) is 0 Å². The van der Waals surface area contributed by atoms with Crippen LogP contribution in [0.1, 0.15) is 25.5 Å². The van der Waals surface area contributed by atoms with Gasteiger partial charge in [0.15, 0.2) is 11.6 Å². The van der Waals surface area contributed by atoms with Gasteiger partial charge in [-0.3, -0.25) is 0 Å². The Bertz CT molecular complexity index is 352. The fourth-order valence-electron chi connectivity index (χ4n) is 1.27. The second kappa shape index (κ2) is 4.16. The third-order valence-corrected chi connectivity index (χ3v) is 2.58. The van der Waals surface area contributed by atoms with Crippen molar-refractivity contribution in [2.24, 2.45) is 11.1 Å². The molecule has 1 aromatic carbocycles. The van der Waals surface area contributed by atoms with Gasteiger partial charge in [-0.25, -0.2) is 4.39 Å². The summed E-state index contributed by atoms with van der Waals surface area (Å²) in [5.41, 5.74) is 5.93. The molecule has 0 unspecified atom stereocenters. The molecule has 0 aliphatic rings. The molecule has 0 radical (unpaired) electrons. The lowest BCUT2D eigenvalue weighted by atomic mass is 9.82. The minimum atomic E-state index is -0.698. The van der Waals surface area contributed by atoms with Crippen molar-refractivity contribution < 1.29 is 14.6 Å². The van der Waals surface area contributed by atoms with Crippen molar-refractivity contribution in [2.45, 2.75) is 19.9 Å². The summed E-state index contributed by atoms with van der Waals surface area (Å²) in [5, 5.41) is 18.1. The van der Waals surface area contributed by atoms with Crippen molar-refractivity contribution >= 4 is 0 Å². The molecule has 0 saturated carbocycles. The highest BCUT2D eigenvalue weighted by Crippen LogP contribution is 2.32. The topological polar surface area (TPSA) is 66.5 Å². The SMILES string of the molecule is CC(C)(CO)[C@@H](N)c1ccc(O)c(F)c1. The predicted molar refractivity (Wildman–Crippen MR) is 55.9 cm³/mol. The first-order valence-corrected chi connectivity index (χ1v) is 4.73. The summed E-state index contributed by atoms with van der Waals surface area (Å²) in [6, 6.07) is 3.54. The zero-order chi connectivity index (χ0) is 11.6. The van der Waals surface area contributed by atoms with Crippen molar-refractivity contribution in [1.82, 2.24) is 0 Å². The highest BCUT2D eigenvalue weighted by Gasteiger charge is 2.27. The van der Waals surface area contributed by atoms with Gasteiger partial charge in [-0.2, -0.15) is 0 Å². The smallest absolute Gasteiger partial charge is 0.165 e. The Balaban J connectivity index is 3.02. The molecule has 0 amide bonds. The molecule has 0 heterocycles. The van der Waals surface area contributed by atoms with Crippen LogP contribution in [0.5, 0.6) is 5.75 Å². The Kier molecular flexibility index (Phi) is 3.31. The van der Waals surface area contributed by atoms with Gasteiger partial charge in [-0.1, -0.05) is 19.9 Å². The van der Waals surface area contributed by atoms with Crippen LogP contribution in [0.3, 0.4) is 0 Å². The lowest BCUT2D eigenvalue weighted by Crippen LogP contribution is -2.32. The van der Waals surface area contributed by atoms with Gasteiger partial charge in [-0.15, -0.1) is 0 Å². The monoisotopic (exact) mass is 213 g/mol. The highest BCUT2D eigenvalue weighted by molar-refractivity contribution is 5.30. The van der Waals surface area contributed by atoms with Crippen LogP contribution in [-0.2, 0) is 0 Å². The second-order valence-electron chi connectivity index (χ2n) is 4.34. The molecular weight excluding hydrogens is 197 g/mol. The minimum absolute atomic E-state index is 0.0866. The van der Waals surface area contributed by atoms with E-state index in [1.54, 1.807) is 19.9 Å². The summed E-state index contributed by atoms with van der Waals surface area (Å²) in [6.07, 6.45) is 0. The van der Waals surface area contributed by atoms with E-state index >= 15 is 0 Å².